The van der Waals surface area contributed by atoms with E-state index in [9.17, 15) is 8.78 Å². The van der Waals surface area contributed by atoms with E-state index in [1.807, 2.05) is 0 Å². The molecule has 0 spiro atoms. The van der Waals surface area contributed by atoms with Gasteiger partial charge in [-0.15, -0.1) is 11.6 Å². The average Bonchev–Trinajstić information content (AvgIpc) is 1.66. The molecule has 0 aromatic rings. The van der Waals surface area contributed by atoms with Gasteiger partial charge in [0.15, 0.2) is 0 Å². The third-order valence-corrected chi connectivity index (χ3v) is 1.59. The quantitative estimate of drug-likeness (QED) is 0.449. The lowest BCUT2D eigenvalue weighted by atomic mass is 10.9. The molecule has 0 saturated carbocycles. The molecule has 0 saturated heterocycles. The van der Waals surface area contributed by atoms with Crippen molar-refractivity contribution in [2.24, 2.45) is 0 Å². The summed E-state index contributed by atoms with van der Waals surface area (Å²) in [7, 11) is 0. The van der Waals surface area contributed by atoms with E-state index in [-0.39, 0.29) is 5.75 Å². The molecule has 0 aliphatic heterocycles. The summed E-state index contributed by atoms with van der Waals surface area (Å²) in [4.78, 5) is 0. The molecule has 0 aromatic heterocycles. The molecule has 0 bridgehead atoms. The van der Waals surface area contributed by atoms with E-state index in [1.54, 1.807) is 5.75 Å². The predicted molar refractivity (Wildman–Crippen MR) is 33.5 cm³/mol. The van der Waals surface area contributed by atoms with E-state index in [0.29, 0.717) is 5.88 Å². The first-order valence-electron chi connectivity index (χ1n) is 2.04. The highest BCUT2D eigenvalue weighted by molar-refractivity contribution is 8.01. The second-order valence-corrected chi connectivity index (χ2v) is 2.35. The van der Waals surface area contributed by atoms with E-state index in [4.69, 9.17) is 11.6 Å². The van der Waals surface area contributed by atoms with Crippen LogP contribution in [0.2, 0.25) is 0 Å². The highest BCUT2D eigenvalue weighted by Crippen LogP contribution is 2.10. The molecule has 0 aliphatic rings. The van der Waals surface area contributed by atoms with Gasteiger partial charge in [0.25, 0.3) is 0 Å². The molecule has 0 aliphatic carbocycles. The maximum absolute atomic E-state index is 11.3. The molecule has 0 rings (SSSR count). The zero-order valence-corrected chi connectivity index (χ0v) is 5.68. The van der Waals surface area contributed by atoms with Crippen LogP contribution in [0.15, 0.2) is 0 Å². The number of rotatable bonds is 4. The minimum atomic E-state index is -2.22. The highest BCUT2D eigenvalue weighted by atomic mass is 35.5. The van der Waals surface area contributed by atoms with Crippen LogP contribution in [0.4, 0.5) is 8.78 Å². The summed E-state index contributed by atoms with van der Waals surface area (Å²) in [5.41, 5.74) is 0. The summed E-state index contributed by atoms with van der Waals surface area (Å²) in [5.74, 6) is 1.73. The van der Waals surface area contributed by atoms with E-state index in [2.05, 4.69) is 0 Å². The van der Waals surface area contributed by atoms with Crippen molar-refractivity contribution in [1.82, 2.24) is 0 Å². The Morgan fingerprint density at radius 2 is 2.25 bits per heavy atom. The third-order valence-electron chi connectivity index (χ3n) is 0.403. The summed E-state index contributed by atoms with van der Waals surface area (Å²) in [5, 5.41) is 0. The average molecular weight is 160 g/mol. The van der Waals surface area contributed by atoms with Gasteiger partial charge in [-0.05, 0) is 0 Å². The summed E-state index contributed by atoms with van der Waals surface area (Å²) in [6.45, 7) is 0. The van der Waals surface area contributed by atoms with Gasteiger partial charge in [0.05, 0.1) is 5.75 Å². The monoisotopic (exact) mass is 159 g/mol. The largest absolute Gasteiger partial charge is 0.247 e. The first kappa shape index (κ1) is 8.50. The van der Waals surface area contributed by atoms with Crippen molar-refractivity contribution in [1.29, 1.82) is 0 Å². The maximum Gasteiger partial charge on any atom is 0.247 e. The van der Waals surface area contributed by atoms with Gasteiger partial charge in [0.2, 0.25) is 6.43 Å². The zero-order valence-electron chi connectivity index (χ0n) is 4.11. The first-order valence-corrected chi connectivity index (χ1v) is 3.63. The van der Waals surface area contributed by atoms with E-state index < -0.39 is 6.43 Å². The minimum Gasteiger partial charge on any atom is -0.210 e. The molecule has 0 N–H and O–H groups in total. The minimum absolute atomic E-state index is 0.146. The Morgan fingerprint density at radius 3 is 2.62 bits per heavy atom. The fraction of sp³-hybridized carbons (Fsp3) is 0.750. The number of halogens is 3. The van der Waals surface area contributed by atoms with E-state index in [1.165, 1.54) is 0 Å². The van der Waals surface area contributed by atoms with E-state index in [0.717, 1.165) is 11.8 Å². The lowest BCUT2D eigenvalue weighted by Crippen LogP contribution is -1.92. The second-order valence-electron chi connectivity index (χ2n) is 1.05. The Kier molecular flexibility index (Phi) is 5.99. The van der Waals surface area contributed by atoms with Gasteiger partial charge in [-0.3, -0.25) is 0 Å². The van der Waals surface area contributed by atoms with Gasteiger partial charge in [-0.25, -0.2) is 8.78 Å². The maximum atomic E-state index is 11.3. The molecule has 0 nitrogen and oxygen atoms in total. The molecule has 0 fully saturated rings. The van der Waals surface area contributed by atoms with Crippen LogP contribution in [0.25, 0.3) is 0 Å². The van der Waals surface area contributed by atoms with Crippen LogP contribution in [0.3, 0.4) is 0 Å². The predicted octanol–water partition coefficient (Wildman–Crippen LogP) is 2.39. The van der Waals surface area contributed by atoms with Crippen LogP contribution in [-0.2, 0) is 0 Å². The van der Waals surface area contributed by atoms with Crippen LogP contribution < -0.4 is 0 Å². The Balaban J connectivity index is 2.72. The topological polar surface area (TPSA) is 0 Å². The third kappa shape index (κ3) is 6.50. The van der Waals surface area contributed by atoms with Gasteiger partial charge in [0.1, 0.15) is 0 Å². The van der Waals surface area contributed by atoms with Crippen molar-refractivity contribution < 1.29 is 8.78 Å². The summed E-state index contributed by atoms with van der Waals surface area (Å²) < 4.78 is 22.5. The Labute approximate surface area is 56.6 Å². The molecule has 4 heteroatoms. The fourth-order valence-electron chi connectivity index (χ4n) is 0.185. The Bertz CT molecular complexity index is 51.3. The molecule has 1 radical (unpaired) electrons. The summed E-state index contributed by atoms with van der Waals surface area (Å²) in [6, 6.07) is 0. The van der Waals surface area contributed by atoms with Crippen LogP contribution in [-0.4, -0.2) is 18.1 Å². The molecular weight excluding hydrogens is 154 g/mol. The summed E-state index contributed by atoms with van der Waals surface area (Å²) in [6.07, 6.45) is -2.22. The van der Waals surface area contributed by atoms with Gasteiger partial charge in [-0.1, -0.05) is 0 Å². The van der Waals surface area contributed by atoms with Gasteiger partial charge < -0.3 is 0 Å². The molecule has 0 aromatic carbocycles. The molecule has 0 amide bonds. The van der Waals surface area contributed by atoms with Crippen molar-refractivity contribution in [3.05, 3.63) is 5.75 Å². The van der Waals surface area contributed by atoms with E-state index >= 15 is 0 Å². The van der Waals surface area contributed by atoms with Gasteiger partial charge in [0, 0.05) is 11.6 Å². The SMILES string of the molecule is FC(F)CS[CH]CCl. The zero-order chi connectivity index (χ0) is 6.41. The smallest absolute Gasteiger partial charge is 0.210 e. The van der Waals surface area contributed by atoms with Crippen LogP contribution >= 0.6 is 23.4 Å². The molecule has 49 valence electrons. The fourth-order valence-corrected chi connectivity index (χ4v) is 0.823. The molecular formula is C4H6ClF2S. The molecule has 0 heterocycles. The van der Waals surface area contributed by atoms with Crippen LogP contribution in [0.1, 0.15) is 0 Å². The second kappa shape index (κ2) is 5.63. The standard InChI is InChI=1S/C4H6ClF2S/c5-1-2-8-3-4(6)7/h2,4H,1,3H2. The number of thioether (sulfide) groups is 1. The number of hydrogen-bond acceptors (Lipinski definition) is 1. The Hall–Kier alpha value is 0.500. The van der Waals surface area contributed by atoms with Crippen LogP contribution in [0.5, 0.6) is 0 Å². The highest BCUT2D eigenvalue weighted by Gasteiger charge is 1.99. The Morgan fingerprint density at radius 1 is 1.62 bits per heavy atom. The normalized spacial score (nSPS) is 10.5. The lowest BCUT2D eigenvalue weighted by Gasteiger charge is -1.93. The lowest BCUT2D eigenvalue weighted by molar-refractivity contribution is 0.177. The van der Waals surface area contributed by atoms with Crippen molar-refractivity contribution in [3.63, 3.8) is 0 Å². The number of alkyl halides is 3. The summed E-state index contributed by atoms with van der Waals surface area (Å²) >= 11 is 6.22. The van der Waals surface area contributed by atoms with Crippen molar-refractivity contribution in [3.8, 4) is 0 Å². The first-order chi connectivity index (χ1) is 3.77. The van der Waals surface area contributed by atoms with Gasteiger partial charge >= 0.3 is 0 Å². The molecule has 8 heavy (non-hydrogen) atoms. The van der Waals surface area contributed by atoms with Gasteiger partial charge in [-0.2, -0.15) is 11.8 Å². The van der Waals surface area contributed by atoms with Crippen molar-refractivity contribution >= 4 is 23.4 Å². The molecule has 0 unspecified atom stereocenters. The van der Waals surface area contributed by atoms with Crippen molar-refractivity contribution in [2.45, 2.75) is 6.43 Å². The van der Waals surface area contributed by atoms with Crippen molar-refractivity contribution in [2.75, 3.05) is 11.6 Å². The van der Waals surface area contributed by atoms with Crippen LogP contribution in [0, 0.1) is 5.75 Å². The number of hydrogen-bond donors (Lipinski definition) is 0. The molecule has 0 atom stereocenters.